The summed E-state index contributed by atoms with van der Waals surface area (Å²) in [5.41, 5.74) is 4.06. The van der Waals surface area contributed by atoms with Gasteiger partial charge in [0.2, 0.25) is 11.8 Å². The Morgan fingerprint density at radius 3 is 2.50 bits per heavy atom. The molecule has 1 aliphatic heterocycles. The van der Waals surface area contributed by atoms with E-state index < -0.39 is 10.0 Å². The van der Waals surface area contributed by atoms with Crippen molar-refractivity contribution in [3.63, 3.8) is 0 Å². The molecule has 0 saturated carbocycles. The third-order valence-corrected chi connectivity index (χ3v) is 8.06. The van der Waals surface area contributed by atoms with Crippen LogP contribution in [0.5, 0.6) is 5.88 Å². The lowest BCUT2D eigenvalue weighted by molar-refractivity contribution is 0.0771. The topological polar surface area (TPSA) is 119 Å². The lowest BCUT2D eigenvalue weighted by Gasteiger charge is -2.18. The van der Waals surface area contributed by atoms with Gasteiger partial charge >= 0.3 is 0 Å². The zero-order valence-electron chi connectivity index (χ0n) is 22.6. The van der Waals surface area contributed by atoms with Crippen molar-refractivity contribution in [1.82, 2.24) is 24.6 Å². The molecular weight excluding hydrogens is 535 g/mol. The van der Waals surface area contributed by atoms with Gasteiger partial charge in [-0.2, -0.15) is 10.1 Å². The summed E-state index contributed by atoms with van der Waals surface area (Å²) in [6, 6.07) is 11.8. The van der Waals surface area contributed by atoms with E-state index in [0.29, 0.717) is 36.3 Å². The maximum Gasteiger partial charge on any atom is 0.267 e. The molecule has 208 valence electrons. The first-order chi connectivity index (χ1) is 19.0. The van der Waals surface area contributed by atoms with Crippen LogP contribution in [-0.2, 0) is 17.1 Å². The van der Waals surface area contributed by atoms with Gasteiger partial charge in [-0.05, 0) is 55.7 Å². The molecule has 0 radical (unpaired) electrons. The minimum Gasteiger partial charge on any atom is -0.472 e. The summed E-state index contributed by atoms with van der Waals surface area (Å²) in [6.45, 7) is 6.26. The summed E-state index contributed by atoms with van der Waals surface area (Å²) in [5.74, 6) is -0.546. The molecule has 1 saturated heterocycles. The number of nitrogens with one attached hydrogen (secondary N) is 1. The molecule has 4 aromatic rings. The van der Waals surface area contributed by atoms with Crippen LogP contribution in [0.4, 0.5) is 10.3 Å². The molecule has 2 aromatic carbocycles. The summed E-state index contributed by atoms with van der Waals surface area (Å²) < 4.78 is 49.7. The van der Waals surface area contributed by atoms with Gasteiger partial charge in [0, 0.05) is 43.4 Å². The monoisotopic (exact) mass is 564 g/mol. The van der Waals surface area contributed by atoms with Gasteiger partial charge in [0.05, 0.1) is 18.4 Å². The Morgan fingerprint density at radius 1 is 1.07 bits per heavy atom. The van der Waals surface area contributed by atoms with E-state index in [-0.39, 0.29) is 34.6 Å². The van der Waals surface area contributed by atoms with E-state index in [4.69, 9.17) is 4.74 Å². The number of ether oxygens (including phenoxy) is 1. The highest BCUT2D eigenvalue weighted by Gasteiger charge is 2.29. The quantitative estimate of drug-likeness (QED) is 0.360. The minimum absolute atomic E-state index is 0.0282. The van der Waals surface area contributed by atoms with Crippen molar-refractivity contribution < 1.29 is 22.3 Å². The Balaban J connectivity index is 1.42. The van der Waals surface area contributed by atoms with Crippen LogP contribution in [0.2, 0.25) is 0 Å². The van der Waals surface area contributed by atoms with E-state index in [0.717, 1.165) is 16.7 Å². The van der Waals surface area contributed by atoms with Gasteiger partial charge in [-0.1, -0.05) is 18.2 Å². The van der Waals surface area contributed by atoms with Crippen LogP contribution >= 0.6 is 0 Å². The Bertz CT molecular complexity index is 1680. The molecule has 1 atom stereocenters. The molecule has 3 heterocycles. The number of hydrogen-bond acceptors (Lipinski definition) is 7. The molecule has 1 amide bonds. The first kappa shape index (κ1) is 27.3. The van der Waals surface area contributed by atoms with E-state index in [2.05, 4.69) is 19.8 Å². The minimum atomic E-state index is -4.01. The molecular formula is C28H29FN6O4S. The van der Waals surface area contributed by atoms with Crippen molar-refractivity contribution in [3.8, 4) is 17.1 Å². The van der Waals surface area contributed by atoms with Crippen LogP contribution in [-0.4, -0.2) is 58.2 Å². The fraction of sp³-hybridized carbons (Fsp3) is 0.286. The Morgan fingerprint density at radius 2 is 1.82 bits per heavy atom. The average molecular weight is 565 g/mol. The fourth-order valence-electron chi connectivity index (χ4n) is 4.73. The molecule has 0 spiro atoms. The van der Waals surface area contributed by atoms with Crippen LogP contribution in [0.15, 0.2) is 59.8 Å². The van der Waals surface area contributed by atoms with Gasteiger partial charge in [-0.3, -0.25) is 9.48 Å². The number of carbonyl (C=O) groups is 1. The summed E-state index contributed by atoms with van der Waals surface area (Å²) in [7, 11) is -2.39. The van der Waals surface area contributed by atoms with E-state index in [1.54, 1.807) is 24.9 Å². The third-order valence-electron chi connectivity index (χ3n) is 6.78. The summed E-state index contributed by atoms with van der Waals surface area (Å²) in [5, 5.41) is 3.93. The Labute approximate surface area is 231 Å². The molecule has 10 nitrogen and oxygen atoms in total. The second-order valence-electron chi connectivity index (χ2n) is 9.88. The van der Waals surface area contributed by atoms with Crippen LogP contribution in [0.1, 0.15) is 33.5 Å². The molecule has 40 heavy (non-hydrogen) atoms. The highest BCUT2D eigenvalue weighted by atomic mass is 32.2. The van der Waals surface area contributed by atoms with Gasteiger partial charge < -0.3 is 9.64 Å². The van der Waals surface area contributed by atoms with Crippen molar-refractivity contribution in [2.45, 2.75) is 38.2 Å². The van der Waals surface area contributed by atoms with Crippen molar-refractivity contribution in [1.29, 1.82) is 0 Å². The lowest BCUT2D eigenvalue weighted by atomic mass is 10.00. The Hall–Kier alpha value is -4.32. The number of amides is 1. The molecule has 12 heteroatoms. The predicted molar refractivity (Wildman–Crippen MR) is 147 cm³/mol. The number of rotatable bonds is 7. The predicted octanol–water partition coefficient (Wildman–Crippen LogP) is 4.04. The lowest BCUT2D eigenvalue weighted by Crippen LogP contribution is -2.31. The van der Waals surface area contributed by atoms with E-state index >= 15 is 0 Å². The molecule has 1 aliphatic rings. The van der Waals surface area contributed by atoms with Gasteiger partial charge in [0.1, 0.15) is 16.8 Å². The molecule has 1 fully saturated rings. The van der Waals surface area contributed by atoms with Crippen molar-refractivity contribution >= 4 is 21.9 Å². The molecule has 0 bridgehead atoms. The van der Waals surface area contributed by atoms with Crippen LogP contribution in [0.3, 0.4) is 0 Å². The number of likely N-dealkylation sites (tertiary alicyclic amines) is 1. The normalized spacial score (nSPS) is 15.3. The maximum absolute atomic E-state index is 13.7. The standard InChI is InChI=1S/C28H29FN6O4S/c1-17-6-5-7-18(2)26(17)24-13-25(32-28(31-24)33-40(37,38)22-14-30-34(4)16-22)39-21-10-11-35(15-21)27(36)20-8-9-23(29)19(3)12-20/h5-9,12-14,16,21H,10-11,15H2,1-4H3,(H,31,32,33). The smallest absolute Gasteiger partial charge is 0.267 e. The van der Waals surface area contributed by atoms with Crippen molar-refractivity contribution in [3.05, 3.63) is 82.9 Å². The highest BCUT2D eigenvalue weighted by Crippen LogP contribution is 2.30. The number of halogens is 1. The van der Waals surface area contributed by atoms with Crippen LogP contribution in [0.25, 0.3) is 11.3 Å². The third kappa shape index (κ3) is 5.67. The second-order valence-corrected chi connectivity index (χ2v) is 11.6. The zero-order chi connectivity index (χ0) is 28.6. The second kappa shape index (κ2) is 10.7. The van der Waals surface area contributed by atoms with E-state index in [1.165, 1.54) is 35.3 Å². The van der Waals surface area contributed by atoms with E-state index in [1.807, 2.05) is 32.0 Å². The molecule has 0 aliphatic carbocycles. The zero-order valence-corrected chi connectivity index (χ0v) is 23.4. The number of aryl methyl sites for hydroxylation is 4. The van der Waals surface area contributed by atoms with Crippen LogP contribution < -0.4 is 9.46 Å². The largest absolute Gasteiger partial charge is 0.472 e. The van der Waals surface area contributed by atoms with Gasteiger partial charge in [0.15, 0.2) is 0 Å². The number of aromatic nitrogens is 4. The van der Waals surface area contributed by atoms with Gasteiger partial charge in [-0.25, -0.2) is 22.5 Å². The first-order valence-corrected chi connectivity index (χ1v) is 14.2. The molecule has 5 rings (SSSR count). The number of anilines is 1. The van der Waals surface area contributed by atoms with Crippen molar-refractivity contribution in [2.75, 3.05) is 17.8 Å². The summed E-state index contributed by atoms with van der Waals surface area (Å²) >= 11 is 0. The fourth-order valence-corrected chi connectivity index (χ4v) is 5.66. The van der Waals surface area contributed by atoms with Crippen LogP contribution in [0, 0.1) is 26.6 Å². The molecule has 1 N–H and O–H groups in total. The number of benzene rings is 2. The molecule has 1 unspecified atom stereocenters. The summed E-state index contributed by atoms with van der Waals surface area (Å²) in [6.07, 6.45) is 2.78. The van der Waals surface area contributed by atoms with Gasteiger partial charge in [-0.15, -0.1) is 0 Å². The number of carbonyl (C=O) groups excluding carboxylic acids is 1. The Kier molecular flexibility index (Phi) is 7.28. The summed E-state index contributed by atoms with van der Waals surface area (Å²) in [4.78, 5) is 23.5. The highest BCUT2D eigenvalue weighted by molar-refractivity contribution is 7.92. The van der Waals surface area contributed by atoms with Gasteiger partial charge in [0.25, 0.3) is 15.9 Å². The SMILES string of the molecule is Cc1cc(C(=O)N2CCC(Oc3cc(-c4c(C)cccc4C)nc(NS(=O)(=O)c4cnn(C)c4)n3)C2)ccc1F. The first-order valence-electron chi connectivity index (χ1n) is 12.7. The number of nitrogens with zero attached hydrogens (tertiary/aromatic N) is 5. The maximum atomic E-state index is 13.7. The van der Waals surface area contributed by atoms with E-state index in [9.17, 15) is 17.6 Å². The van der Waals surface area contributed by atoms with Crippen molar-refractivity contribution in [2.24, 2.45) is 7.05 Å². The number of hydrogen-bond donors (Lipinski definition) is 1. The molecule has 2 aromatic heterocycles. The number of sulfonamides is 1. The average Bonchev–Trinajstić information content (AvgIpc) is 3.54.